The van der Waals surface area contributed by atoms with E-state index in [9.17, 15) is 0 Å². The van der Waals surface area contributed by atoms with E-state index in [0.717, 1.165) is 26.1 Å². The van der Waals surface area contributed by atoms with Crippen LogP contribution >= 0.6 is 12.4 Å². The van der Waals surface area contributed by atoms with E-state index in [-0.39, 0.29) is 12.4 Å². The summed E-state index contributed by atoms with van der Waals surface area (Å²) in [6.07, 6.45) is 1.59. The Morgan fingerprint density at radius 2 is 2.08 bits per heavy atom. The van der Waals surface area contributed by atoms with Gasteiger partial charge in [-0.25, -0.2) is 0 Å². The molecule has 0 aromatic carbocycles. The van der Waals surface area contributed by atoms with Crippen LogP contribution in [0.3, 0.4) is 0 Å². The smallest absolute Gasteiger partial charge is 0.0705 e. The van der Waals surface area contributed by atoms with Crippen molar-refractivity contribution in [3.8, 4) is 0 Å². The van der Waals surface area contributed by atoms with Gasteiger partial charge in [-0.2, -0.15) is 0 Å². The maximum atomic E-state index is 5.59. The zero-order chi connectivity index (χ0) is 8.32. The molecule has 0 aromatic rings. The first-order valence-corrected chi connectivity index (χ1v) is 4.40. The summed E-state index contributed by atoms with van der Waals surface area (Å²) in [5, 5.41) is 3.33. The van der Waals surface area contributed by atoms with Gasteiger partial charge in [0.05, 0.1) is 12.7 Å². The maximum absolute atomic E-state index is 5.59. The normalized spacial score (nSPS) is 24.8. The van der Waals surface area contributed by atoms with Crippen LogP contribution in [-0.2, 0) is 4.74 Å². The highest BCUT2D eigenvalue weighted by Crippen LogP contribution is 2.22. The SMILES string of the molecule is CC(C)(C)CC1CNCCO1.Cl. The fourth-order valence-electron chi connectivity index (χ4n) is 1.43. The van der Waals surface area contributed by atoms with E-state index in [1.54, 1.807) is 0 Å². The Morgan fingerprint density at radius 1 is 1.42 bits per heavy atom. The molecule has 0 radical (unpaired) electrons. The molecule has 0 spiro atoms. The molecule has 1 aliphatic rings. The van der Waals surface area contributed by atoms with Gasteiger partial charge in [-0.1, -0.05) is 20.8 Å². The minimum absolute atomic E-state index is 0. The molecular weight excluding hydrogens is 174 g/mol. The molecule has 1 atom stereocenters. The Labute approximate surface area is 81.5 Å². The second-order valence-electron chi connectivity index (χ2n) is 4.46. The number of nitrogens with one attached hydrogen (secondary N) is 1. The average Bonchev–Trinajstić information content (AvgIpc) is 1.85. The van der Waals surface area contributed by atoms with Gasteiger partial charge in [0, 0.05) is 13.1 Å². The van der Waals surface area contributed by atoms with Gasteiger partial charge < -0.3 is 10.1 Å². The fraction of sp³-hybridized carbons (Fsp3) is 1.00. The monoisotopic (exact) mass is 193 g/mol. The number of hydrogen-bond acceptors (Lipinski definition) is 2. The minimum Gasteiger partial charge on any atom is -0.376 e. The Morgan fingerprint density at radius 3 is 2.50 bits per heavy atom. The van der Waals surface area contributed by atoms with Crippen LogP contribution < -0.4 is 5.32 Å². The van der Waals surface area contributed by atoms with Crippen molar-refractivity contribution in [3.05, 3.63) is 0 Å². The van der Waals surface area contributed by atoms with Gasteiger partial charge in [0.25, 0.3) is 0 Å². The van der Waals surface area contributed by atoms with Crippen LogP contribution in [-0.4, -0.2) is 25.8 Å². The zero-order valence-electron chi connectivity index (χ0n) is 8.22. The highest BCUT2D eigenvalue weighted by atomic mass is 35.5. The third-order valence-corrected chi connectivity index (χ3v) is 1.84. The van der Waals surface area contributed by atoms with Gasteiger partial charge in [0.15, 0.2) is 0 Å². The van der Waals surface area contributed by atoms with Crippen LogP contribution in [0.2, 0.25) is 0 Å². The van der Waals surface area contributed by atoms with Crippen LogP contribution in [0.25, 0.3) is 0 Å². The van der Waals surface area contributed by atoms with E-state index in [4.69, 9.17) is 4.74 Å². The van der Waals surface area contributed by atoms with Gasteiger partial charge in [-0.3, -0.25) is 0 Å². The predicted octanol–water partition coefficient (Wildman–Crippen LogP) is 1.83. The second kappa shape index (κ2) is 5.05. The van der Waals surface area contributed by atoms with Gasteiger partial charge in [0.1, 0.15) is 0 Å². The molecule has 0 amide bonds. The van der Waals surface area contributed by atoms with Gasteiger partial charge in [0.2, 0.25) is 0 Å². The molecule has 74 valence electrons. The highest BCUT2D eigenvalue weighted by molar-refractivity contribution is 5.85. The van der Waals surface area contributed by atoms with E-state index in [1.807, 2.05) is 0 Å². The largest absolute Gasteiger partial charge is 0.376 e. The molecule has 1 saturated heterocycles. The van der Waals surface area contributed by atoms with E-state index >= 15 is 0 Å². The Kier molecular flexibility index (Phi) is 5.14. The molecule has 1 aliphatic heterocycles. The zero-order valence-corrected chi connectivity index (χ0v) is 9.04. The quantitative estimate of drug-likeness (QED) is 0.686. The van der Waals surface area contributed by atoms with Crippen molar-refractivity contribution in [1.29, 1.82) is 0 Å². The molecule has 0 saturated carbocycles. The lowest BCUT2D eigenvalue weighted by molar-refractivity contribution is 0.00461. The van der Waals surface area contributed by atoms with E-state index in [0.29, 0.717) is 11.5 Å². The molecular formula is C9H20ClNO. The van der Waals surface area contributed by atoms with Crippen molar-refractivity contribution in [3.63, 3.8) is 0 Å². The molecule has 0 aliphatic carbocycles. The van der Waals surface area contributed by atoms with Crippen molar-refractivity contribution >= 4 is 12.4 Å². The standard InChI is InChI=1S/C9H19NO.ClH/c1-9(2,3)6-8-7-10-4-5-11-8;/h8,10H,4-7H2,1-3H3;1H. The minimum atomic E-state index is 0. The Balaban J connectivity index is 0.00000121. The summed E-state index contributed by atoms with van der Waals surface area (Å²) in [5.74, 6) is 0. The van der Waals surface area contributed by atoms with Crippen LogP contribution in [0.5, 0.6) is 0 Å². The van der Waals surface area contributed by atoms with Gasteiger partial charge in [-0.15, -0.1) is 12.4 Å². The van der Waals surface area contributed by atoms with Gasteiger partial charge in [-0.05, 0) is 11.8 Å². The van der Waals surface area contributed by atoms with Crippen molar-refractivity contribution in [1.82, 2.24) is 5.32 Å². The molecule has 1 N–H and O–H groups in total. The molecule has 1 fully saturated rings. The lowest BCUT2D eigenvalue weighted by Gasteiger charge is -2.29. The summed E-state index contributed by atoms with van der Waals surface area (Å²) >= 11 is 0. The number of rotatable bonds is 1. The molecule has 0 aromatic heterocycles. The fourth-order valence-corrected chi connectivity index (χ4v) is 1.43. The number of halogens is 1. The lowest BCUT2D eigenvalue weighted by atomic mass is 9.89. The summed E-state index contributed by atoms with van der Waals surface area (Å²) < 4.78 is 5.59. The maximum Gasteiger partial charge on any atom is 0.0705 e. The average molecular weight is 194 g/mol. The first-order valence-electron chi connectivity index (χ1n) is 4.40. The van der Waals surface area contributed by atoms with Crippen LogP contribution in [0.4, 0.5) is 0 Å². The summed E-state index contributed by atoms with van der Waals surface area (Å²) in [7, 11) is 0. The number of hydrogen-bond donors (Lipinski definition) is 1. The van der Waals surface area contributed by atoms with Crippen molar-refractivity contribution in [2.24, 2.45) is 5.41 Å². The van der Waals surface area contributed by atoms with E-state index in [2.05, 4.69) is 26.1 Å². The molecule has 2 nitrogen and oxygen atoms in total. The van der Waals surface area contributed by atoms with Gasteiger partial charge >= 0.3 is 0 Å². The molecule has 12 heavy (non-hydrogen) atoms. The number of ether oxygens (including phenoxy) is 1. The number of morpholine rings is 1. The topological polar surface area (TPSA) is 21.3 Å². The first kappa shape index (κ1) is 12.2. The predicted molar refractivity (Wildman–Crippen MR) is 53.9 cm³/mol. The van der Waals surface area contributed by atoms with Crippen LogP contribution in [0.15, 0.2) is 0 Å². The molecule has 3 heteroatoms. The molecule has 0 bridgehead atoms. The Bertz CT molecular complexity index is 116. The first-order chi connectivity index (χ1) is 5.08. The van der Waals surface area contributed by atoms with E-state index in [1.165, 1.54) is 0 Å². The highest BCUT2D eigenvalue weighted by Gasteiger charge is 2.20. The van der Waals surface area contributed by atoms with Crippen molar-refractivity contribution in [2.75, 3.05) is 19.7 Å². The Hall–Kier alpha value is 0.210. The second-order valence-corrected chi connectivity index (χ2v) is 4.46. The van der Waals surface area contributed by atoms with Crippen molar-refractivity contribution in [2.45, 2.75) is 33.3 Å². The van der Waals surface area contributed by atoms with E-state index < -0.39 is 0 Å². The van der Waals surface area contributed by atoms with Crippen LogP contribution in [0.1, 0.15) is 27.2 Å². The molecule has 1 unspecified atom stereocenters. The summed E-state index contributed by atoms with van der Waals surface area (Å²) in [6, 6.07) is 0. The third-order valence-electron chi connectivity index (χ3n) is 1.84. The molecule has 1 heterocycles. The summed E-state index contributed by atoms with van der Waals surface area (Å²) in [5.41, 5.74) is 0.393. The van der Waals surface area contributed by atoms with Crippen LogP contribution in [0, 0.1) is 5.41 Å². The summed E-state index contributed by atoms with van der Waals surface area (Å²) in [6.45, 7) is 9.68. The summed E-state index contributed by atoms with van der Waals surface area (Å²) in [4.78, 5) is 0. The third kappa shape index (κ3) is 4.96. The van der Waals surface area contributed by atoms with Crippen molar-refractivity contribution < 1.29 is 4.74 Å². The molecule has 1 rings (SSSR count). The lowest BCUT2D eigenvalue weighted by Crippen LogP contribution is -2.40.